The first kappa shape index (κ1) is 12.1. The zero-order valence-electron chi connectivity index (χ0n) is 10.3. The summed E-state index contributed by atoms with van der Waals surface area (Å²) in [5.74, 6) is 0. The number of hydrogen-bond donors (Lipinski definition) is 0. The number of fused-ring (bicyclic) bond motifs is 1. The molecule has 0 saturated heterocycles. The maximum Gasteiger partial charge on any atom is -0.0184 e. The lowest BCUT2D eigenvalue weighted by molar-refractivity contribution is 1.57. The Balaban J connectivity index is 0.000000138. The summed E-state index contributed by atoms with van der Waals surface area (Å²) in [6.07, 6.45) is 0. The van der Waals surface area contributed by atoms with Gasteiger partial charge < -0.3 is 0 Å². The normalized spacial score (nSPS) is 9.56. The molecule has 0 aromatic heterocycles. The van der Waals surface area contributed by atoms with Crippen molar-refractivity contribution in [3.05, 3.63) is 83.2 Å². The van der Waals surface area contributed by atoms with Gasteiger partial charge in [0, 0.05) is 0 Å². The lowest BCUT2D eigenvalue weighted by atomic mass is 10.1. The largest absolute Gasteiger partial charge is 0.0918 e. The van der Waals surface area contributed by atoms with Crippen LogP contribution in [0.5, 0.6) is 0 Å². The molecule has 0 spiro atoms. The van der Waals surface area contributed by atoms with E-state index in [0.717, 1.165) is 10.4 Å². The number of rotatable bonds is 0. The minimum absolute atomic E-state index is 1.04. The average Bonchev–Trinajstić information content (AvgIpc) is 2.43. The molecule has 0 aliphatic rings. The smallest absolute Gasteiger partial charge is 0.0184 e. The Kier molecular flexibility index (Phi) is 3.93. The fourth-order valence-electron chi connectivity index (χ4n) is 1.67. The minimum Gasteiger partial charge on any atom is -0.0918 e. The van der Waals surface area contributed by atoms with Gasteiger partial charge in [0.25, 0.3) is 0 Å². The van der Waals surface area contributed by atoms with E-state index >= 15 is 0 Å². The molecular weight excluding hydrogens is 216 g/mol. The van der Waals surface area contributed by atoms with E-state index in [4.69, 9.17) is 0 Å². The van der Waals surface area contributed by atoms with Crippen LogP contribution in [0.3, 0.4) is 0 Å². The van der Waals surface area contributed by atoms with Crippen molar-refractivity contribution in [3.8, 4) is 0 Å². The Morgan fingerprint density at radius 1 is 0.444 bits per heavy atom. The first-order valence-corrected chi connectivity index (χ1v) is 5.93. The number of benzene rings is 3. The molecule has 0 aliphatic heterocycles. The first-order chi connectivity index (χ1) is 8.75. The molecule has 0 unspecified atom stereocenters. The highest BCUT2D eigenvalue weighted by Crippen LogP contribution is 2.11. The van der Waals surface area contributed by atoms with Crippen LogP contribution in [0.15, 0.2) is 72.8 Å². The third kappa shape index (κ3) is 3.33. The van der Waals surface area contributed by atoms with Gasteiger partial charge in [0.05, 0.1) is 0 Å². The summed E-state index contributed by atoms with van der Waals surface area (Å²) in [6.45, 7) is 7.47. The fourth-order valence-corrected chi connectivity index (χ4v) is 1.67. The summed E-state index contributed by atoms with van der Waals surface area (Å²) in [7, 11) is 0. The quantitative estimate of drug-likeness (QED) is 0.557. The van der Waals surface area contributed by atoms with Gasteiger partial charge in [-0.15, -0.1) is 0 Å². The van der Waals surface area contributed by atoms with Crippen LogP contribution >= 0.6 is 0 Å². The van der Waals surface area contributed by atoms with Crippen molar-refractivity contribution in [2.75, 3.05) is 0 Å². The van der Waals surface area contributed by atoms with Crippen LogP contribution in [0.4, 0.5) is 0 Å². The van der Waals surface area contributed by atoms with E-state index in [9.17, 15) is 0 Å². The zero-order chi connectivity index (χ0) is 12.8. The highest BCUT2D eigenvalue weighted by molar-refractivity contribution is 5.81. The highest BCUT2D eigenvalue weighted by atomic mass is 13.9. The summed E-state index contributed by atoms with van der Waals surface area (Å²) in [5, 5.41) is 4.70. The van der Waals surface area contributed by atoms with E-state index < -0.39 is 0 Å². The van der Waals surface area contributed by atoms with E-state index in [-0.39, 0.29) is 0 Å². The van der Waals surface area contributed by atoms with Gasteiger partial charge in [0.2, 0.25) is 0 Å². The molecule has 0 fully saturated rings. The summed E-state index contributed by atoms with van der Waals surface area (Å²) in [6, 6.07) is 24.5. The van der Waals surface area contributed by atoms with Crippen LogP contribution < -0.4 is 10.4 Å². The van der Waals surface area contributed by atoms with Gasteiger partial charge >= 0.3 is 0 Å². The van der Waals surface area contributed by atoms with Crippen molar-refractivity contribution in [1.29, 1.82) is 0 Å². The molecule has 0 nitrogen and oxygen atoms in total. The zero-order valence-corrected chi connectivity index (χ0v) is 10.3. The molecule has 0 radical (unpaired) electrons. The Morgan fingerprint density at radius 3 is 1.00 bits per heavy atom. The van der Waals surface area contributed by atoms with Gasteiger partial charge in [-0.05, 0) is 21.2 Å². The summed E-state index contributed by atoms with van der Waals surface area (Å²) in [5.41, 5.74) is 0. The maximum absolute atomic E-state index is 3.73. The Morgan fingerprint density at radius 2 is 0.722 bits per heavy atom. The van der Waals surface area contributed by atoms with Gasteiger partial charge in [0.15, 0.2) is 0 Å². The van der Waals surface area contributed by atoms with Gasteiger partial charge in [-0.2, -0.15) is 0 Å². The highest BCUT2D eigenvalue weighted by Gasteiger charge is 1.85. The molecule has 3 aromatic rings. The van der Waals surface area contributed by atoms with Crippen molar-refractivity contribution in [2.45, 2.75) is 0 Å². The second kappa shape index (κ2) is 5.83. The van der Waals surface area contributed by atoms with E-state index in [1.54, 1.807) is 0 Å². The molecule has 0 N–H and O–H groups in total. The van der Waals surface area contributed by atoms with Crippen molar-refractivity contribution in [2.24, 2.45) is 0 Å². The standard InChI is InChI=1S/C10H8.C8H8/c1-2-6-10-8-4-3-7-9(10)5-1;1-7-3-5-8(2)6-4-7/h1-8H;3-6H,1-2H2. The SMILES string of the molecule is C=c1ccc(=C)cc1.c1ccc2ccccc2c1. The summed E-state index contributed by atoms with van der Waals surface area (Å²) >= 11 is 0. The van der Waals surface area contributed by atoms with Crippen LogP contribution in [0.1, 0.15) is 0 Å². The number of hydrogen-bond acceptors (Lipinski definition) is 0. The second-order valence-electron chi connectivity index (χ2n) is 4.16. The van der Waals surface area contributed by atoms with Gasteiger partial charge in [-0.3, -0.25) is 0 Å². The summed E-state index contributed by atoms with van der Waals surface area (Å²) in [4.78, 5) is 0. The van der Waals surface area contributed by atoms with Crippen LogP contribution in [-0.2, 0) is 0 Å². The van der Waals surface area contributed by atoms with Crippen LogP contribution in [0.25, 0.3) is 23.9 Å². The monoisotopic (exact) mass is 232 g/mol. The van der Waals surface area contributed by atoms with Crippen LogP contribution in [0.2, 0.25) is 0 Å². The van der Waals surface area contributed by atoms with E-state index in [1.807, 2.05) is 24.3 Å². The topological polar surface area (TPSA) is 0 Å². The Bertz CT molecular complexity index is 608. The molecule has 0 bridgehead atoms. The first-order valence-electron chi connectivity index (χ1n) is 5.93. The third-order valence-corrected chi connectivity index (χ3v) is 2.68. The maximum atomic E-state index is 3.73. The minimum atomic E-state index is 1.04. The fraction of sp³-hybridized carbons (Fsp3) is 0. The lowest BCUT2D eigenvalue weighted by Crippen LogP contribution is -2.02. The van der Waals surface area contributed by atoms with Gasteiger partial charge in [0.1, 0.15) is 0 Å². The van der Waals surface area contributed by atoms with Gasteiger partial charge in [-0.25, -0.2) is 0 Å². The Labute approximate surface area is 108 Å². The van der Waals surface area contributed by atoms with E-state index in [1.165, 1.54) is 10.8 Å². The van der Waals surface area contributed by atoms with Crippen molar-refractivity contribution < 1.29 is 0 Å². The molecule has 0 heterocycles. The molecule has 18 heavy (non-hydrogen) atoms. The molecule has 0 atom stereocenters. The molecule has 0 amide bonds. The molecule has 3 aromatic carbocycles. The van der Waals surface area contributed by atoms with Crippen molar-refractivity contribution in [3.63, 3.8) is 0 Å². The molecule has 0 saturated carbocycles. The second-order valence-corrected chi connectivity index (χ2v) is 4.16. The van der Waals surface area contributed by atoms with Crippen LogP contribution in [0, 0.1) is 0 Å². The lowest BCUT2D eigenvalue weighted by Gasteiger charge is -1.92. The molecule has 0 heteroatoms. The predicted octanol–water partition coefficient (Wildman–Crippen LogP) is 3.35. The van der Waals surface area contributed by atoms with E-state index in [2.05, 4.69) is 61.7 Å². The molecule has 3 rings (SSSR count). The average molecular weight is 232 g/mol. The summed E-state index contributed by atoms with van der Waals surface area (Å²) < 4.78 is 0. The van der Waals surface area contributed by atoms with Gasteiger partial charge in [-0.1, -0.05) is 86.0 Å². The van der Waals surface area contributed by atoms with Crippen LogP contribution in [-0.4, -0.2) is 0 Å². The third-order valence-electron chi connectivity index (χ3n) is 2.68. The van der Waals surface area contributed by atoms with Crippen molar-refractivity contribution in [1.82, 2.24) is 0 Å². The molecule has 0 aliphatic carbocycles. The van der Waals surface area contributed by atoms with E-state index in [0.29, 0.717) is 0 Å². The molecular formula is C18H16. The molecule has 88 valence electrons. The Hall–Kier alpha value is -2.34. The predicted molar refractivity (Wildman–Crippen MR) is 80.7 cm³/mol. The van der Waals surface area contributed by atoms with Crippen molar-refractivity contribution >= 4 is 23.9 Å².